The lowest BCUT2D eigenvalue weighted by Crippen LogP contribution is -2.19. The molecule has 1 aliphatic rings. The fraction of sp³-hybridized carbons (Fsp3) is 0.714. The van der Waals surface area contributed by atoms with Gasteiger partial charge in [-0.05, 0) is 0 Å². The molecule has 14 heavy (non-hydrogen) atoms. The topological polar surface area (TPSA) is 70.1 Å². The van der Waals surface area contributed by atoms with Gasteiger partial charge < -0.3 is 15.7 Å². The molecule has 7 heteroatoms. The quantitative estimate of drug-likeness (QED) is 0.682. The van der Waals surface area contributed by atoms with Crippen LogP contribution in [-0.2, 0) is 0 Å². The molecule has 2 rings (SSSR count). The lowest BCUT2D eigenvalue weighted by molar-refractivity contribution is 0.201. The molecule has 1 aromatic heterocycles. The van der Waals surface area contributed by atoms with Crippen molar-refractivity contribution in [1.29, 1.82) is 0 Å². The minimum Gasteiger partial charge on any atom is -0.391 e. The van der Waals surface area contributed by atoms with Crippen LogP contribution in [0.25, 0.3) is 0 Å². The van der Waals surface area contributed by atoms with Gasteiger partial charge in [-0.3, -0.25) is 0 Å². The molecule has 0 unspecified atom stereocenters. The summed E-state index contributed by atoms with van der Waals surface area (Å²) in [6, 6.07) is 0. The van der Waals surface area contributed by atoms with Crippen LogP contribution in [0.15, 0.2) is 4.34 Å². The van der Waals surface area contributed by atoms with E-state index in [-0.39, 0.29) is 11.4 Å². The summed E-state index contributed by atoms with van der Waals surface area (Å²) in [6.07, 6.45) is -0.276. The molecule has 0 aromatic carbocycles. The smallest absolute Gasteiger partial charge is 0.206 e. The van der Waals surface area contributed by atoms with Crippen molar-refractivity contribution in [2.75, 3.05) is 25.5 Å². The summed E-state index contributed by atoms with van der Waals surface area (Å²) in [5, 5.41) is 24.6. The number of anilines is 1. The van der Waals surface area contributed by atoms with Crippen molar-refractivity contribution in [1.82, 2.24) is 15.5 Å². The van der Waals surface area contributed by atoms with Gasteiger partial charge in [0.05, 0.1) is 11.4 Å². The number of rotatable bonds is 3. The molecule has 0 spiro atoms. The first-order valence-electron chi connectivity index (χ1n) is 4.36. The summed E-state index contributed by atoms with van der Waals surface area (Å²) < 4.78 is 0.905. The molecular formula is C7H12N4OS2. The molecule has 1 saturated heterocycles. The molecule has 1 aliphatic heterocycles. The van der Waals surface area contributed by atoms with Crippen LogP contribution >= 0.6 is 23.1 Å². The third kappa shape index (κ3) is 2.17. The SMILES string of the molecule is CNc1nnc(S[C@@H]2CNC[C@H]2O)s1. The Morgan fingerprint density at radius 2 is 2.43 bits per heavy atom. The van der Waals surface area contributed by atoms with Crippen LogP contribution in [0.4, 0.5) is 5.13 Å². The lowest BCUT2D eigenvalue weighted by atomic mass is 10.3. The average molecular weight is 232 g/mol. The van der Waals surface area contributed by atoms with Gasteiger partial charge in [-0.1, -0.05) is 23.1 Å². The molecule has 3 N–H and O–H groups in total. The average Bonchev–Trinajstić information content (AvgIpc) is 2.77. The fourth-order valence-corrected chi connectivity index (χ4v) is 3.28. The molecule has 78 valence electrons. The van der Waals surface area contributed by atoms with E-state index in [4.69, 9.17) is 0 Å². The molecule has 0 amide bonds. The van der Waals surface area contributed by atoms with Crippen LogP contribution in [-0.4, -0.2) is 46.8 Å². The number of hydrogen-bond donors (Lipinski definition) is 3. The Morgan fingerprint density at radius 3 is 3.00 bits per heavy atom. The number of hydrogen-bond acceptors (Lipinski definition) is 7. The summed E-state index contributed by atoms with van der Waals surface area (Å²) in [4.78, 5) is 0. The predicted octanol–water partition coefficient (Wildman–Crippen LogP) is 0.00460. The highest BCUT2D eigenvalue weighted by Crippen LogP contribution is 2.31. The van der Waals surface area contributed by atoms with E-state index in [1.54, 1.807) is 11.8 Å². The molecule has 1 aromatic rings. The van der Waals surface area contributed by atoms with Gasteiger partial charge in [0.15, 0.2) is 4.34 Å². The van der Waals surface area contributed by atoms with E-state index >= 15 is 0 Å². The third-order valence-electron chi connectivity index (χ3n) is 2.00. The van der Waals surface area contributed by atoms with Gasteiger partial charge in [0.1, 0.15) is 0 Å². The maximum Gasteiger partial charge on any atom is 0.206 e. The summed E-state index contributed by atoms with van der Waals surface area (Å²) in [7, 11) is 1.82. The first kappa shape index (κ1) is 10.2. The van der Waals surface area contributed by atoms with Crippen molar-refractivity contribution in [3.05, 3.63) is 0 Å². The summed E-state index contributed by atoms with van der Waals surface area (Å²) >= 11 is 3.10. The van der Waals surface area contributed by atoms with Gasteiger partial charge in [-0.2, -0.15) is 0 Å². The first-order valence-corrected chi connectivity index (χ1v) is 6.06. The number of aliphatic hydroxyl groups excluding tert-OH is 1. The van der Waals surface area contributed by atoms with Crippen LogP contribution in [0, 0.1) is 0 Å². The third-order valence-corrected chi connectivity index (χ3v) is 4.34. The molecule has 0 saturated carbocycles. The van der Waals surface area contributed by atoms with Crippen molar-refractivity contribution in [3.8, 4) is 0 Å². The molecule has 2 atom stereocenters. The standard InChI is InChI=1S/C7H12N4OS2/c1-8-6-10-11-7(14-6)13-5-3-9-2-4(5)12/h4-5,9,12H,2-3H2,1H3,(H,8,10)/t4-,5-/m1/s1. The molecule has 5 nitrogen and oxygen atoms in total. The maximum absolute atomic E-state index is 9.57. The van der Waals surface area contributed by atoms with Gasteiger partial charge in [-0.15, -0.1) is 10.2 Å². The van der Waals surface area contributed by atoms with Crippen molar-refractivity contribution >= 4 is 28.2 Å². The van der Waals surface area contributed by atoms with Crippen molar-refractivity contribution in [2.24, 2.45) is 0 Å². The van der Waals surface area contributed by atoms with E-state index in [2.05, 4.69) is 20.8 Å². The van der Waals surface area contributed by atoms with Crippen LogP contribution in [0.3, 0.4) is 0 Å². The van der Waals surface area contributed by atoms with E-state index in [9.17, 15) is 5.11 Å². The van der Waals surface area contributed by atoms with E-state index in [0.717, 1.165) is 16.0 Å². The Morgan fingerprint density at radius 1 is 1.57 bits per heavy atom. The number of β-amino-alcohol motifs (C(OH)–C–C–N with tert-alkyl or cyclic N) is 1. The van der Waals surface area contributed by atoms with Gasteiger partial charge in [0, 0.05) is 20.1 Å². The lowest BCUT2D eigenvalue weighted by Gasteiger charge is -2.09. The minimum atomic E-state index is -0.276. The summed E-state index contributed by atoms with van der Waals surface area (Å²) in [5.74, 6) is 0. The summed E-state index contributed by atoms with van der Waals surface area (Å²) in [5.41, 5.74) is 0. The number of aliphatic hydroxyl groups is 1. The maximum atomic E-state index is 9.57. The monoisotopic (exact) mass is 232 g/mol. The number of thioether (sulfide) groups is 1. The summed E-state index contributed by atoms with van der Waals surface area (Å²) in [6.45, 7) is 1.51. The highest BCUT2D eigenvalue weighted by Gasteiger charge is 2.26. The van der Waals surface area contributed by atoms with E-state index in [1.807, 2.05) is 7.05 Å². The second-order valence-corrected chi connectivity index (χ2v) is 5.47. The van der Waals surface area contributed by atoms with Gasteiger partial charge in [0.2, 0.25) is 5.13 Å². The van der Waals surface area contributed by atoms with Gasteiger partial charge in [0.25, 0.3) is 0 Å². The largest absolute Gasteiger partial charge is 0.391 e. The zero-order valence-corrected chi connectivity index (χ0v) is 9.36. The Kier molecular flexibility index (Phi) is 3.22. The molecule has 0 aliphatic carbocycles. The molecule has 0 radical (unpaired) electrons. The second-order valence-electron chi connectivity index (χ2n) is 3.01. The molecular weight excluding hydrogens is 220 g/mol. The fourth-order valence-electron chi connectivity index (χ4n) is 1.25. The number of aromatic nitrogens is 2. The van der Waals surface area contributed by atoms with E-state index < -0.39 is 0 Å². The Hall–Kier alpha value is -0.370. The zero-order chi connectivity index (χ0) is 9.97. The van der Waals surface area contributed by atoms with E-state index in [1.165, 1.54) is 11.3 Å². The van der Waals surface area contributed by atoms with Crippen LogP contribution in [0.2, 0.25) is 0 Å². The van der Waals surface area contributed by atoms with E-state index in [0.29, 0.717) is 6.54 Å². The number of nitrogens with one attached hydrogen (secondary N) is 2. The highest BCUT2D eigenvalue weighted by molar-refractivity contribution is 8.01. The normalized spacial score (nSPS) is 26.7. The zero-order valence-electron chi connectivity index (χ0n) is 7.73. The van der Waals surface area contributed by atoms with Crippen molar-refractivity contribution < 1.29 is 5.11 Å². The molecule has 0 bridgehead atoms. The van der Waals surface area contributed by atoms with Crippen molar-refractivity contribution in [2.45, 2.75) is 15.7 Å². The number of nitrogens with zero attached hydrogens (tertiary/aromatic N) is 2. The molecule has 1 fully saturated rings. The van der Waals surface area contributed by atoms with Gasteiger partial charge in [-0.25, -0.2) is 0 Å². The van der Waals surface area contributed by atoms with Crippen molar-refractivity contribution in [3.63, 3.8) is 0 Å². The van der Waals surface area contributed by atoms with Gasteiger partial charge >= 0.3 is 0 Å². The van der Waals surface area contributed by atoms with Crippen LogP contribution in [0.5, 0.6) is 0 Å². The first-order chi connectivity index (χ1) is 6.79. The Balaban J connectivity index is 1.96. The predicted molar refractivity (Wildman–Crippen MR) is 58.0 cm³/mol. The highest BCUT2D eigenvalue weighted by atomic mass is 32.2. The Bertz CT molecular complexity index is 306. The minimum absolute atomic E-state index is 0.202. The second kappa shape index (κ2) is 4.43. The van der Waals surface area contributed by atoms with Crippen LogP contribution in [0.1, 0.15) is 0 Å². The van der Waals surface area contributed by atoms with Crippen LogP contribution < -0.4 is 10.6 Å². The molecule has 2 heterocycles. The Labute approximate surface area is 90.3 Å².